The predicted octanol–water partition coefficient (Wildman–Crippen LogP) is 1.07. The van der Waals surface area contributed by atoms with Gasteiger partial charge in [-0.1, -0.05) is 0 Å². The molecule has 0 spiro atoms. The average molecular weight is 101 g/mol. The van der Waals surface area contributed by atoms with Crippen LogP contribution < -0.4 is 0 Å². The molecule has 0 aromatic carbocycles. The summed E-state index contributed by atoms with van der Waals surface area (Å²) in [5, 5.41) is 0. The van der Waals surface area contributed by atoms with E-state index in [-0.39, 0.29) is 0 Å². The van der Waals surface area contributed by atoms with E-state index in [9.17, 15) is 0 Å². The Hall–Kier alpha value is -0.530. The fourth-order valence-electron chi connectivity index (χ4n) is 0.183. The van der Waals surface area contributed by atoms with Gasteiger partial charge >= 0.3 is 0 Å². The van der Waals surface area contributed by atoms with Gasteiger partial charge < -0.3 is 4.74 Å². The van der Waals surface area contributed by atoms with E-state index in [1.165, 1.54) is 6.40 Å². The molecule has 0 unspecified atom stereocenters. The molecule has 2 nitrogen and oxygen atoms in total. The van der Waals surface area contributed by atoms with Gasteiger partial charge in [0.15, 0.2) is 6.40 Å². The molecule has 0 rings (SSSR count). The highest BCUT2D eigenvalue weighted by molar-refractivity contribution is 5.46. The minimum Gasteiger partial charge on any atom is -0.487 e. The fourth-order valence-corrected chi connectivity index (χ4v) is 0.183. The SMILES string of the molecule is CO/C=N\C(C)C. The molecule has 42 valence electrons. The van der Waals surface area contributed by atoms with Crippen LogP contribution in [-0.2, 0) is 4.74 Å². The summed E-state index contributed by atoms with van der Waals surface area (Å²) < 4.78 is 4.56. The smallest absolute Gasteiger partial charge is 0.169 e. The third-order valence-corrected chi connectivity index (χ3v) is 0.464. The van der Waals surface area contributed by atoms with Crippen molar-refractivity contribution in [2.24, 2.45) is 4.99 Å². The first-order valence-electron chi connectivity index (χ1n) is 2.32. The van der Waals surface area contributed by atoms with Gasteiger partial charge in [-0.25, -0.2) is 0 Å². The van der Waals surface area contributed by atoms with E-state index in [2.05, 4.69) is 9.73 Å². The number of hydrogen-bond donors (Lipinski definition) is 0. The summed E-state index contributed by atoms with van der Waals surface area (Å²) in [6, 6.07) is 0.347. The Labute approximate surface area is 44.2 Å². The van der Waals surface area contributed by atoms with Gasteiger partial charge in [-0.05, 0) is 13.8 Å². The lowest BCUT2D eigenvalue weighted by Gasteiger charge is -1.90. The average Bonchev–Trinajstić information content (AvgIpc) is 1.61. The van der Waals surface area contributed by atoms with Gasteiger partial charge in [0.25, 0.3) is 0 Å². The van der Waals surface area contributed by atoms with Crippen molar-refractivity contribution >= 4 is 6.40 Å². The van der Waals surface area contributed by atoms with Crippen molar-refractivity contribution in [1.82, 2.24) is 0 Å². The zero-order chi connectivity index (χ0) is 5.70. The van der Waals surface area contributed by atoms with E-state index in [0.29, 0.717) is 6.04 Å². The van der Waals surface area contributed by atoms with Crippen molar-refractivity contribution < 1.29 is 4.74 Å². The van der Waals surface area contributed by atoms with Crippen molar-refractivity contribution in [3.63, 3.8) is 0 Å². The zero-order valence-electron chi connectivity index (χ0n) is 5.01. The number of rotatable bonds is 2. The Morgan fingerprint density at radius 2 is 2.14 bits per heavy atom. The van der Waals surface area contributed by atoms with E-state index in [4.69, 9.17) is 0 Å². The predicted molar refractivity (Wildman–Crippen MR) is 30.6 cm³/mol. The van der Waals surface area contributed by atoms with E-state index < -0.39 is 0 Å². The second-order valence-corrected chi connectivity index (χ2v) is 1.58. The van der Waals surface area contributed by atoms with Crippen LogP contribution in [0.3, 0.4) is 0 Å². The molecule has 0 N–H and O–H groups in total. The normalized spacial score (nSPS) is 10.9. The molecule has 0 heterocycles. The molecule has 0 aliphatic heterocycles. The lowest BCUT2D eigenvalue weighted by Crippen LogP contribution is -1.89. The van der Waals surface area contributed by atoms with Crippen molar-refractivity contribution in [2.75, 3.05) is 7.11 Å². The first-order chi connectivity index (χ1) is 3.27. The van der Waals surface area contributed by atoms with E-state index in [0.717, 1.165) is 0 Å². The van der Waals surface area contributed by atoms with Gasteiger partial charge in [0.1, 0.15) is 0 Å². The Kier molecular flexibility index (Phi) is 3.38. The summed E-state index contributed by atoms with van der Waals surface area (Å²) in [6.45, 7) is 3.99. The number of nitrogens with zero attached hydrogens (tertiary/aromatic N) is 1. The molecule has 0 radical (unpaired) electrons. The van der Waals surface area contributed by atoms with Crippen LogP contribution in [0.1, 0.15) is 13.8 Å². The lowest BCUT2D eigenvalue weighted by atomic mass is 10.4. The molecule has 0 saturated carbocycles. The van der Waals surface area contributed by atoms with Gasteiger partial charge in [-0.15, -0.1) is 0 Å². The molecule has 0 amide bonds. The summed E-state index contributed by atoms with van der Waals surface area (Å²) in [6.07, 6.45) is 1.45. The van der Waals surface area contributed by atoms with Crippen molar-refractivity contribution in [3.05, 3.63) is 0 Å². The van der Waals surface area contributed by atoms with Crippen LogP contribution in [-0.4, -0.2) is 19.6 Å². The molecule has 7 heavy (non-hydrogen) atoms. The quantitative estimate of drug-likeness (QED) is 0.376. The maximum absolute atomic E-state index is 4.56. The maximum atomic E-state index is 4.56. The zero-order valence-corrected chi connectivity index (χ0v) is 5.01. The molecule has 0 atom stereocenters. The lowest BCUT2D eigenvalue weighted by molar-refractivity contribution is 0.419. The van der Waals surface area contributed by atoms with Crippen LogP contribution in [0.15, 0.2) is 4.99 Å². The Morgan fingerprint density at radius 1 is 1.57 bits per heavy atom. The number of methoxy groups -OCH3 is 1. The number of hydrogen-bond acceptors (Lipinski definition) is 2. The molecule has 0 aromatic heterocycles. The van der Waals surface area contributed by atoms with Crippen molar-refractivity contribution in [2.45, 2.75) is 19.9 Å². The third-order valence-electron chi connectivity index (χ3n) is 0.464. The molecule has 0 aliphatic rings. The monoisotopic (exact) mass is 101 g/mol. The minimum atomic E-state index is 0.347. The second-order valence-electron chi connectivity index (χ2n) is 1.58. The minimum absolute atomic E-state index is 0.347. The van der Waals surface area contributed by atoms with E-state index in [1.54, 1.807) is 7.11 Å². The van der Waals surface area contributed by atoms with Gasteiger partial charge in [0, 0.05) is 6.04 Å². The third kappa shape index (κ3) is 5.47. The molecular formula is C5H11NO. The molecular weight excluding hydrogens is 90.1 g/mol. The van der Waals surface area contributed by atoms with E-state index >= 15 is 0 Å². The van der Waals surface area contributed by atoms with Crippen LogP contribution in [0.2, 0.25) is 0 Å². The summed E-state index contributed by atoms with van der Waals surface area (Å²) in [5.74, 6) is 0. The molecule has 0 aromatic rings. The molecule has 0 aliphatic carbocycles. The Balaban J connectivity index is 3.08. The van der Waals surface area contributed by atoms with Gasteiger partial charge in [0.2, 0.25) is 0 Å². The molecule has 2 heteroatoms. The first kappa shape index (κ1) is 6.47. The Bertz CT molecular complexity index is 59.1. The number of ether oxygens (including phenoxy) is 1. The summed E-state index contributed by atoms with van der Waals surface area (Å²) in [5.41, 5.74) is 0. The van der Waals surface area contributed by atoms with E-state index in [1.807, 2.05) is 13.8 Å². The van der Waals surface area contributed by atoms with Crippen molar-refractivity contribution in [1.29, 1.82) is 0 Å². The standard InChI is InChI=1S/C5H11NO/c1-5(2)6-4-7-3/h4-5H,1-3H3/b6-4-. The molecule has 0 fully saturated rings. The highest BCUT2D eigenvalue weighted by Gasteiger charge is 1.79. The molecule has 0 bridgehead atoms. The van der Waals surface area contributed by atoms with Crippen molar-refractivity contribution in [3.8, 4) is 0 Å². The summed E-state index contributed by atoms with van der Waals surface area (Å²) in [4.78, 5) is 3.90. The fraction of sp³-hybridized carbons (Fsp3) is 0.800. The Morgan fingerprint density at radius 3 is 2.29 bits per heavy atom. The topological polar surface area (TPSA) is 21.6 Å². The van der Waals surface area contributed by atoms with Gasteiger partial charge in [-0.3, -0.25) is 4.99 Å². The number of aliphatic imine (C=N–C) groups is 1. The largest absolute Gasteiger partial charge is 0.487 e. The maximum Gasteiger partial charge on any atom is 0.169 e. The highest BCUT2D eigenvalue weighted by atomic mass is 16.5. The molecule has 0 saturated heterocycles. The highest BCUT2D eigenvalue weighted by Crippen LogP contribution is 1.80. The first-order valence-corrected chi connectivity index (χ1v) is 2.32. The van der Waals surface area contributed by atoms with Crippen LogP contribution in [0.5, 0.6) is 0 Å². The van der Waals surface area contributed by atoms with Gasteiger partial charge in [0.05, 0.1) is 7.11 Å². The van der Waals surface area contributed by atoms with Crippen LogP contribution in [0, 0.1) is 0 Å². The second kappa shape index (κ2) is 3.65. The summed E-state index contributed by atoms with van der Waals surface area (Å²) in [7, 11) is 1.59. The van der Waals surface area contributed by atoms with Crippen LogP contribution >= 0.6 is 0 Å². The summed E-state index contributed by atoms with van der Waals surface area (Å²) >= 11 is 0. The van der Waals surface area contributed by atoms with Gasteiger partial charge in [-0.2, -0.15) is 0 Å². The van der Waals surface area contributed by atoms with Crippen LogP contribution in [0.4, 0.5) is 0 Å². The van der Waals surface area contributed by atoms with Crippen LogP contribution in [0.25, 0.3) is 0 Å².